The number of hydrogen-bond donors (Lipinski definition) is 9. The minimum absolute atomic E-state index is 0.0735. The van der Waals surface area contributed by atoms with Crippen molar-refractivity contribution >= 4 is 11.9 Å². The molecule has 23 atom stereocenters. The van der Waals surface area contributed by atoms with Crippen molar-refractivity contribution in [3.05, 3.63) is 11.6 Å². The minimum atomic E-state index is -1.84. The lowest BCUT2D eigenvalue weighted by atomic mass is 9.40. The average Bonchev–Trinajstić information content (AvgIpc) is 3.71. The SMILES string of the molecule is CC(=O)O[C@@](C)(CCCC(C)C)[C@H]1[C@@H]2C[C@@]3(C)C4=CC[C@H]5C(C)(C)[C@@H](O[C@@H]6OC[C@@H](O[C@@H]7O[C@H](CO)[C@@H](O)[C@H](O)[C@H]7O)[C@H](O)[C@H]6O[C@@H]6O[C@H](CO)[C@@H](O)[C@H](O)[C@H]6O)CC[C@]5(C)[C@H]4CC[C@]13C(=O)O2. The van der Waals surface area contributed by atoms with E-state index in [2.05, 4.69) is 47.6 Å². The van der Waals surface area contributed by atoms with Crippen molar-refractivity contribution in [2.75, 3.05) is 19.8 Å². The summed E-state index contributed by atoms with van der Waals surface area (Å²) in [5, 5.41) is 95.3. The van der Waals surface area contributed by atoms with E-state index >= 15 is 0 Å². The Morgan fingerprint density at radius 1 is 0.824 bits per heavy atom. The number of esters is 2. The maximum atomic E-state index is 14.4. The van der Waals surface area contributed by atoms with Gasteiger partial charge in [-0.05, 0) is 86.9 Å². The molecule has 0 aromatic rings. The summed E-state index contributed by atoms with van der Waals surface area (Å²) in [5.74, 6) is -0.151. The Bertz CT molecular complexity index is 1860. The van der Waals surface area contributed by atoms with Gasteiger partial charge in [0.15, 0.2) is 18.9 Å². The lowest BCUT2D eigenvalue weighted by molar-refractivity contribution is -0.381. The van der Waals surface area contributed by atoms with Crippen LogP contribution in [0.3, 0.4) is 0 Å². The average molecular weight is 971 g/mol. The molecule has 9 N–H and O–H groups in total. The topological polar surface area (TPSA) is 290 Å². The molecular weight excluding hydrogens is 893 g/mol. The zero-order valence-corrected chi connectivity index (χ0v) is 40.7. The second-order valence-electron chi connectivity index (χ2n) is 23.0. The van der Waals surface area contributed by atoms with Gasteiger partial charge in [0, 0.05) is 12.3 Å². The molecule has 8 rings (SSSR count). The highest BCUT2D eigenvalue weighted by atomic mass is 16.8. The number of rotatable bonds is 14. The van der Waals surface area contributed by atoms with Crippen molar-refractivity contribution in [3.63, 3.8) is 0 Å². The first-order valence-electron chi connectivity index (χ1n) is 24.9. The van der Waals surface area contributed by atoms with Crippen molar-refractivity contribution in [1.82, 2.24) is 0 Å². The summed E-state index contributed by atoms with van der Waals surface area (Å²) in [4.78, 5) is 27.1. The van der Waals surface area contributed by atoms with Crippen molar-refractivity contribution in [3.8, 4) is 0 Å². The van der Waals surface area contributed by atoms with Gasteiger partial charge in [-0.3, -0.25) is 9.59 Å². The molecule has 0 radical (unpaired) electrons. The molecule has 0 unspecified atom stereocenters. The van der Waals surface area contributed by atoms with Crippen molar-refractivity contribution in [2.24, 2.45) is 45.3 Å². The molecule has 4 aliphatic carbocycles. The van der Waals surface area contributed by atoms with E-state index in [0.29, 0.717) is 38.0 Å². The Kier molecular flexibility index (Phi) is 14.8. The van der Waals surface area contributed by atoms with Crippen LogP contribution in [0.15, 0.2) is 11.6 Å². The molecule has 68 heavy (non-hydrogen) atoms. The highest BCUT2D eigenvalue weighted by Gasteiger charge is 2.79. The standard InChI is InChI=1S/C49H78O19/c1-22(2)10-9-15-48(8,68-23(3)52)40-26-18-47(7)25-11-12-30-45(4,5)31(14-16-46(30,6)24(25)13-17-49(40,47)44(60)65-26)66-43-39(67-42-38(59)36(57)33(54)28(20-51)63-42)34(55)29(21-61-43)64-41-37(58)35(56)32(53)27(19-50)62-41/h11,22,24,26-43,50-51,53-59H,9-10,12-21H2,1-8H3/t24-,26-,27+,28+,29+,30-,31-,32+,33+,34-,35-,36-,37+,38+,39+,40+,41-,42-,43-,46+,47-,48-,49+/m0/s1. The third-order valence-electron chi connectivity index (χ3n) is 18.3. The summed E-state index contributed by atoms with van der Waals surface area (Å²) in [6.45, 7) is 14.9. The molecule has 19 nitrogen and oxygen atoms in total. The Morgan fingerprint density at radius 2 is 1.44 bits per heavy atom. The van der Waals surface area contributed by atoms with Crippen molar-refractivity contribution < 1.29 is 93.4 Å². The van der Waals surface area contributed by atoms with E-state index in [4.69, 9.17) is 37.9 Å². The summed E-state index contributed by atoms with van der Waals surface area (Å²) >= 11 is 0. The summed E-state index contributed by atoms with van der Waals surface area (Å²) in [5.41, 5.74) is -1.71. The number of aliphatic hydroxyl groups is 9. The van der Waals surface area contributed by atoms with Crippen LogP contribution in [0.2, 0.25) is 0 Å². The second kappa shape index (κ2) is 19.2. The van der Waals surface area contributed by atoms with Crippen LogP contribution in [0.4, 0.5) is 0 Å². The molecule has 0 aromatic carbocycles. The van der Waals surface area contributed by atoms with Crippen LogP contribution in [0, 0.1) is 45.3 Å². The van der Waals surface area contributed by atoms with E-state index in [1.54, 1.807) is 0 Å². The molecule has 0 aromatic heterocycles. The van der Waals surface area contributed by atoms with Crippen LogP contribution in [0.5, 0.6) is 0 Å². The normalized spacial score (nSPS) is 49.5. The molecule has 7 fully saturated rings. The fourth-order valence-electron chi connectivity index (χ4n) is 14.8. The Morgan fingerprint density at radius 3 is 2.03 bits per heavy atom. The molecule has 4 heterocycles. The van der Waals surface area contributed by atoms with E-state index in [9.17, 15) is 55.5 Å². The lowest BCUT2D eigenvalue weighted by Crippen LogP contribution is -2.65. The summed E-state index contributed by atoms with van der Waals surface area (Å²) in [7, 11) is 0. The van der Waals surface area contributed by atoms with E-state index in [-0.39, 0.29) is 47.8 Å². The van der Waals surface area contributed by atoms with Crippen molar-refractivity contribution in [2.45, 2.75) is 217 Å². The van der Waals surface area contributed by atoms with Gasteiger partial charge in [-0.1, -0.05) is 59.6 Å². The molecular formula is C49H78O19. The molecule has 388 valence electrons. The van der Waals surface area contributed by atoms with E-state index < -0.39 is 127 Å². The predicted molar refractivity (Wildman–Crippen MR) is 235 cm³/mol. The number of ether oxygens (including phenoxy) is 8. The molecule has 4 aliphatic heterocycles. The summed E-state index contributed by atoms with van der Waals surface area (Å²) in [6, 6.07) is 0. The number of aliphatic hydroxyl groups excluding tert-OH is 9. The van der Waals surface area contributed by atoms with Crippen LogP contribution in [0.1, 0.15) is 113 Å². The first-order valence-corrected chi connectivity index (χ1v) is 24.9. The van der Waals surface area contributed by atoms with Gasteiger partial charge in [-0.2, -0.15) is 0 Å². The van der Waals surface area contributed by atoms with Crippen LogP contribution < -0.4 is 0 Å². The summed E-state index contributed by atoms with van der Waals surface area (Å²) < 4.78 is 48.9. The largest absolute Gasteiger partial charge is 0.461 e. The molecule has 2 bridgehead atoms. The monoisotopic (exact) mass is 971 g/mol. The first kappa shape index (κ1) is 52.4. The molecule has 4 saturated heterocycles. The Hall–Kier alpha value is -1.92. The van der Waals surface area contributed by atoms with Gasteiger partial charge >= 0.3 is 11.9 Å². The smallest absolute Gasteiger partial charge is 0.313 e. The fourth-order valence-corrected chi connectivity index (χ4v) is 14.8. The van der Waals surface area contributed by atoms with E-state index in [1.807, 2.05) is 6.92 Å². The van der Waals surface area contributed by atoms with Crippen LogP contribution in [-0.4, -0.2) is 182 Å². The van der Waals surface area contributed by atoms with Gasteiger partial charge in [-0.15, -0.1) is 0 Å². The molecule has 1 spiro atoms. The predicted octanol–water partition coefficient (Wildman–Crippen LogP) is 0.728. The Labute approximate surface area is 398 Å². The van der Waals surface area contributed by atoms with Gasteiger partial charge in [-0.25, -0.2) is 0 Å². The van der Waals surface area contributed by atoms with Gasteiger partial charge in [0.1, 0.15) is 78.8 Å². The first-order chi connectivity index (χ1) is 31.9. The number of hydrogen-bond acceptors (Lipinski definition) is 19. The number of allylic oxidation sites excluding steroid dienone is 2. The van der Waals surface area contributed by atoms with Crippen LogP contribution in [0.25, 0.3) is 0 Å². The fraction of sp³-hybridized carbons (Fsp3) is 0.918. The third-order valence-corrected chi connectivity index (χ3v) is 18.3. The lowest BCUT2D eigenvalue weighted by Gasteiger charge is -2.64. The van der Waals surface area contributed by atoms with E-state index in [1.165, 1.54) is 12.5 Å². The quantitative estimate of drug-likeness (QED) is 0.0857. The number of carbonyl (C=O) groups excluding carboxylic acids is 2. The minimum Gasteiger partial charge on any atom is -0.461 e. The van der Waals surface area contributed by atoms with Crippen molar-refractivity contribution in [1.29, 1.82) is 0 Å². The molecule has 8 aliphatic rings. The molecule has 3 saturated carbocycles. The summed E-state index contributed by atoms with van der Waals surface area (Å²) in [6.07, 6.45) is -14.4. The highest BCUT2D eigenvalue weighted by molar-refractivity contribution is 5.84. The zero-order valence-electron chi connectivity index (χ0n) is 40.7. The number of fused-ring (bicyclic) bond motifs is 5. The van der Waals surface area contributed by atoms with Crippen LogP contribution in [-0.2, 0) is 47.5 Å². The second-order valence-corrected chi connectivity index (χ2v) is 23.0. The van der Waals surface area contributed by atoms with Crippen LogP contribution >= 0.6 is 0 Å². The van der Waals surface area contributed by atoms with Gasteiger partial charge in [0.25, 0.3) is 0 Å². The zero-order chi connectivity index (χ0) is 49.6. The van der Waals surface area contributed by atoms with Gasteiger partial charge < -0.3 is 83.9 Å². The third kappa shape index (κ3) is 8.41. The maximum Gasteiger partial charge on any atom is 0.313 e. The van der Waals surface area contributed by atoms with Gasteiger partial charge in [0.2, 0.25) is 0 Å². The molecule has 19 heteroatoms. The number of carbonyl (C=O) groups is 2. The van der Waals surface area contributed by atoms with Gasteiger partial charge in [0.05, 0.1) is 37.3 Å². The Balaban J connectivity index is 1.04. The molecule has 0 amide bonds. The maximum absolute atomic E-state index is 14.4. The van der Waals surface area contributed by atoms with E-state index in [0.717, 1.165) is 25.7 Å². The highest BCUT2D eigenvalue weighted by Crippen LogP contribution is 2.77.